The van der Waals surface area contributed by atoms with Crippen LogP contribution in [-0.4, -0.2) is 55.1 Å². The van der Waals surface area contributed by atoms with Gasteiger partial charge in [-0.05, 0) is 24.7 Å². The molecule has 5 nitrogen and oxygen atoms in total. The highest BCUT2D eigenvalue weighted by atomic mass is 19.1. The number of hydrogen-bond acceptors (Lipinski definition) is 5. The van der Waals surface area contributed by atoms with Crippen molar-refractivity contribution in [2.45, 2.75) is 25.7 Å². The maximum atomic E-state index is 13.6. The molecule has 0 saturated carbocycles. The summed E-state index contributed by atoms with van der Waals surface area (Å²) in [7, 11) is 0. The quantitative estimate of drug-likeness (QED) is 0.730. The second-order valence-corrected chi connectivity index (χ2v) is 6.61. The SMILES string of the molecule is CCN(CC(O)COCc1ccccc1F)CC1COc2ccccc2O1. The summed E-state index contributed by atoms with van der Waals surface area (Å²) in [5.41, 5.74) is 0.489. The lowest BCUT2D eigenvalue weighted by Crippen LogP contribution is -2.44. The van der Waals surface area contributed by atoms with E-state index < -0.39 is 6.10 Å². The Morgan fingerprint density at radius 2 is 1.93 bits per heavy atom. The Kier molecular flexibility index (Phi) is 7.04. The molecular weight excluding hydrogens is 349 g/mol. The monoisotopic (exact) mass is 375 g/mol. The Morgan fingerprint density at radius 3 is 2.70 bits per heavy atom. The summed E-state index contributed by atoms with van der Waals surface area (Å²) in [5, 5.41) is 10.3. The third-order valence-corrected chi connectivity index (χ3v) is 4.47. The number of rotatable bonds is 9. The first-order valence-electron chi connectivity index (χ1n) is 9.25. The zero-order valence-corrected chi connectivity index (χ0v) is 15.5. The molecule has 2 unspecified atom stereocenters. The Labute approximate surface area is 159 Å². The van der Waals surface area contributed by atoms with Crippen molar-refractivity contribution in [2.24, 2.45) is 0 Å². The maximum Gasteiger partial charge on any atom is 0.161 e. The number of aliphatic hydroxyl groups excluding tert-OH is 1. The molecule has 1 aliphatic heterocycles. The number of halogens is 1. The van der Waals surface area contributed by atoms with E-state index in [0.29, 0.717) is 25.3 Å². The van der Waals surface area contributed by atoms with Crippen LogP contribution in [0.15, 0.2) is 48.5 Å². The Balaban J connectivity index is 1.42. The summed E-state index contributed by atoms with van der Waals surface area (Å²) in [5.74, 6) is 1.22. The molecule has 3 rings (SSSR count). The summed E-state index contributed by atoms with van der Waals surface area (Å²) in [6, 6.07) is 14.1. The maximum absolute atomic E-state index is 13.6. The summed E-state index contributed by atoms with van der Waals surface area (Å²) in [6.45, 7) is 4.68. The van der Waals surface area contributed by atoms with Gasteiger partial charge < -0.3 is 19.3 Å². The minimum absolute atomic E-state index is 0.0913. The summed E-state index contributed by atoms with van der Waals surface area (Å²) in [4.78, 5) is 2.10. The fourth-order valence-corrected chi connectivity index (χ4v) is 3.04. The van der Waals surface area contributed by atoms with Gasteiger partial charge in [-0.3, -0.25) is 4.90 Å². The van der Waals surface area contributed by atoms with Gasteiger partial charge in [0.15, 0.2) is 11.5 Å². The van der Waals surface area contributed by atoms with E-state index in [1.807, 2.05) is 31.2 Å². The van der Waals surface area contributed by atoms with Crippen molar-refractivity contribution in [1.82, 2.24) is 4.90 Å². The molecule has 27 heavy (non-hydrogen) atoms. The van der Waals surface area contributed by atoms with Crippen molar-refractivity contribution < 1.29 is 23.7 Å². The molecule has 0 radical (unpaired) electrons. The number of fused-ring (bicyclic) bond motifs is 1. The lowest BCUT2D eigenvalue weighted by molar-refractivity contribution is -0.00219. The van der Waals surface area contributed by atoms with Crippen LogP contribution in [0.25, 0.3) is 0 Å². The van der Waals surface area contributed by atoms with Gasteiger partial charge in [0.05, 0.1) is 19.3 Å². The van der Waals surface area contributed by atoms with Crippen LogP contribution in [0.3, 0.4) is 0 Å². The zero-order chi connectivity index (χ0) is 19.1. The third-order valence-electron chi connectivity index (χ3n) is 4.47. The van der Waals surface area contributed by atoms with Gasteiger partial charge in [0, 0.05) is 18.7 Å². The molecule has 0 spiro atoms. The molecule has 0 bridgehead atoms. The molecule has 0 aliphatic carbocycles. The molecule has 0 amide bonds. The van der Waals surface area contributed by atoms with Gasteiger partial charge in [0.1, 0.15) is 18.5 Å². The van der Waals surface area contributed by atoms with Crippen LogP contribution < -0.4 is 9.47 Å². The largest absolute Gasteiger partial charge is 0.486 e. The Morgan fingerprint density at radius 1 is 1.19 bits per heavy atom. The van der Waals surface area contributed by atoms with E-state index in [-0.39, 0.29) is 25.1 Å². The molecule has 1 heterocycles. The lowest BCUT2D eigenvalue weighted by Gasteiger charge is -2.31. The number of likely N-dealkylation sites (N-methyl/N-ethyl adjacent to an activating group) is 1. The van der Waals surface area contributed by atoms with Crippen molar-refractivity contribution in [3.63, 3.8) is 0 Å². The first kappa shape index (κ1) is 19.6. The number of ether oxygens (including phenoxy) is 3. The number of hydrogen-bond donors (Lipinski definition) is 1. The smallest absolute Gasteiger partial charge is 0.161 e. The van der Waals surface area contributed by atoms with Gasteiger partial charge in [-0.25, -0.2) is 4.39 Å². The molecule has 2 aromatic carbocycles. The third kappa shape index (κ3) is 5.66. The number of aliphatic hydroxyl groups is 1. The normalized spacial score (nSPS) is 17.1. The summed E-state index contributed by atoms with van der Waals surface area (Å²) in [6.07, 6.45) is -0.750. The average Bonchev–Trinajstić information content (AvgIpc) is 2.69. The van der Waals surface area contributed by atoms with Crippen LogP contribution in [0.5, 0.6) is 11.5 Å². The highest BCUT2D eigenvalue weighted by molar-refractivity contribution is 5.40. The van der Waals surface area contributed by atoms with Crippen molar-refractivity contribution in [3.05, 3.63) is 59.9 Å². The molecule has 146 valence electrons. The lowest BCUT2D eigenvalue weighted by atomic mass is 10.2. The van der Waals surface area contributed by atoms with Gasteiger partial charge in [-0.15, -0.1) is 0 Å². The van der Waals surface area contributed by atoms with Gasteiger partial charge >= 0.3 is 0 Å². The highest BCUT2D eigenvalue weighted by Gasteiger charge is 2.23. The van der Waals surface area contributed by atoms with Crippen molar-refractivity contribution in [1.29, 1.82) is 0 Å². The van der Waals surface area contributed by atoms with E-state index in [1.165, 1.54) is 6.07 Å². The van der Waals surface area contributed by atoms with Gasteiger partial charge in [-0.2, -0.15) is 0 Å². The van der Waals surface area contributed by atoms with Crippen molar-refractivity contribution in [3.8, 4) is 11.5 Å². The molecule has 0 saturated heterocycles. The average molecular weight is 375 g/mol. The molecular formula is C21H26FNO4. The van der Waals surface area contributed by atoms with Gasteiger partial charge in [0.25, 0.3) is 0 Å². The van der Waals surface area contributed by atoms with E-state index in [9.17, 15) is 9.50 Å². The van der Waals surface area contributed by atoms with Gasteiger partial charge in [-0.1, -0.05) is 37.3 Å². The van der Waals surface area contributed by atoms with E-state index in [1.54, 1.807) is 18.2 Å². The number of para-hydroxylation sites is 2. The van der Waals surface area contributed by atoms with Crippen LogP contribution in [0.4, 0.5) is 4.39 Å². The molecule has 6 heteroatoms. The van der Waals surface area contributed by atoms with Crippen LogP contribution in [0.1, 0.15) is 12.5 Å². The second-order valence-electron chi connectivity index (χ2n) is 6.61. The highest BCUT2D eigenvalue weighted by Crippen LogP contribution is 2.31. The van der Waals surface area contributed by atoms with Gasteiger partial charge in [0.2, 0.25) is 0 Å². The first-order chi connectivity index (χ1) is 13.2. The molecule has 0 aromatic heterocycles. The summed E-state index contributed by atoms with van der Waals surface area (Å²) < 4.78 is 30.8. The fraction of sp³-hybridized carbons (Fsp3) is 0.429. The number of nitrogens with zero attached hydrogens (tertiary/aromatic N) is 1. The van der Waals surface area contributed by atoms with Crippen LogP contribution in [0, 0.1) is 5.82 Å². The van der Waals surface area contributed by atoms with E-state index >= 15 is 0 Å². The zero-order valence-electron chi connectivity index (χ0n) is 15.5. The summed E-state index contributed by atoms with van der Waals surface area (Å²) >= 11 is 0. The molecule has 0 fully saturated rings. The fourth-order valence-electron chi connectivity index (χ4n) is 3.04. The van der Waals surface area contributed by atoms with E-state index in [4.69, 9.17) is 14.2 Å². The molecule has 1 N–H and O–H groups in total. The van der Waals surface area contributed by atoms with Crippen LogP contribution >= 0.6 is 0 Å². The minimum Gasteiger partial charge on any atom is -0.486 e. The number of benzene rings is 2. The predicted octanol–water partition coefficient (Wildman–Crippen LogP) is 2.87. The van der Waals surface area contributed by atoms with Crippen molar-refractivity contribution >= 4 is 0 Å². The topological polar surface area (TPSA) is 51.2 Å². The van der Waals surface area contributed by atoms with E-state index in [0.717, 1.165) is 18.0 Å². The Bertz CT molecular complexity index is 727. The molecule has 1 aliphatic rings. The van der Waals surface area contributed by atoms with E-state index in [2.05, 4.69) is 4.90 Å². The second kappa shape index (κ2) is 9.69. The molecule has 2 aromatic rings. The predicted molar refractivity (Wildman–Crippen MR) is 101 cm³/mol. The van der Waals surface area contributed by atoms with Crippen LogP contribution in [0.2, 0.25) is 0 Å². The molecule has 2 atom stereocenters. The Hall–Kier alpha value is -2.15. The van der Waals surface area contributed by atoms with Crippen molar-refractivity contribution in [2.75, 3.05) is 32.8 Å². The standard InChI is InChI=1S/C21H26FNO4/c1-2-23(12-18-15-26-20-9-5-6-10-21(20)27-18)11-17(24)14-25-13-16-7-3-4-8-19(16)22/h3-10,17-18,24H,2,11-15H2,1H3. The minimum atomic E-state index is -0.659. The van der Waals surface area contributed by atoms with Crippen LogP contribution in [-0.2, 0) is 11.3 Å². The first-order valence-corrected chi connectivity index (χ1v) is 9.25.